The van der Waals surface area contributed by atoms with E-state index in [0.29, 0.717) is 25.3 Å². The van der Waals surface area contributed by atoms with E-state index in [1.165, 1.54) is 6.92 Å². The lowest BCUT2D eigenvalue weighted by Crippen LogP contribution is -2.45. The Labute approximate surface area is 259 Å². The number of nitrogens with two attached hydrogens (primary N) is 2. The Morgan fingerprint density at radius 3 is 2.73 bits per heavy atom. The largest absolute Gasteiger partial charge is 0.489 e. The number of anilines is 3. The number of nitrogen functional groups attached to an aromatic ring is 2. The first-order valence-corrected chi connectivity index (χ1v) is 14.4. The molecule has 2 atom stereocenters. The Balaban J connectivity index is 1.60. The number of rotatable bonds is 6. The van der Waals surface area contributed by atoms with Crippen LogP contribution in [0.25, 0.3) is 22.2 Å². The molecule has 2 aliphatic rings. The molecule has 3 aromatic heterocycles. The first-order valence-electron chi connectivity index (χ1n) is 14.1. The average Bonchev–Trinajstić information content (AvgIpc) is 3.18. The van der Waals surface area contributed by atoms with Gasteiger partial charge in [-0.15, -0.1) is 0 Å². The third-order valence-corrected chi connectivity index (χ3v) is 8.11. The fraction of sp³-hybridized carbons (Fsp3) is 0.379. The Hall–Kier alpha value is -4.21. The number of morpholine rings is 1. The van der Waals surface area contributed by atoms with Gasteiger partial charge in [0.25, 0.3) is 0 Å². The van der Waals surface area contributed by atoms with Crippen LogP contribution in [0.15, 0.2) is 24.4 Å². The summed E-state index contributed by atoms with van der Waals surface area (Å²) in [6.45, 7) is 4.90. The second-order valence-corrected chi connectivity index (χ2v) is 11.1. The number of hydrogen-bond donors (Lipinski definition) is 3. The molecule has 5 heterocycles. The quantitative estimate of drug-likeness (QED) is 0.250. The SMILES string of the molecule is Cc1cc(N)nc(-c2c(Cl)c3c4c(nc(OC[C@@H]5COCCN5)nc4c2F)N([C@H](C)c2cccnc2N)CCO3)c1C(F)(F)F. The van der Waals surface area contributed by atoms with E-state index in [2.05, 4.69) is 25.3 Å². The molecule has 6 rings (SSSR count). The van der Waals surface area contributed by atoms with Crippen LogP contribution in [-0.4, -0.2) is 65.5 Å². The Kier molecular flexibility index (Phi) is 8.18. The molecule has 45 heavy (non-hydrogen) atoms. The molecule has 11 nitrogen and oxygen atoms in total. The molecule has 1 aromatic carbocycles. The topological polar surface area (TPSA) is 147 Å². The van der Waals surface area contributed by atoms with Crippen molar-refractivity contribution in [1.82, 2.24) is 25.3 Å². The second-order valence-electron chi connectivity index (χ2n) is 10.7. The maximum atomic E-state index is 16.8. The molecule has 0 aliphatic carbocycles. The van der Waals surface area contributed by atoms with Crippen LogP contribution < -0.4 is 31.2 Å². The van der Waals surface area contributed by atoms with E-state index < -0.39 is 39.9 Å². The molecule has 16 heteroatoms. The molecule has 0 amide bonds. The van der Waals surface area contributed by atoms with E-state index in [0.717, 1.165) is 6.07 Å². The molecule has 0 radical (unpaired) electrons. The van der Waals surface area contributed by atoms with Crippen LogP contribution in [-0.2, 0) is 10.9 Å². The standard InChI is InChI=1S/C29H29ClF4N8O3/c1-13-10-17(35)39-23(20(13)29(32,33)34)18-21(30)25-19-24(22(18)31)40-28(45-12-15-11-43-8-6-37-15)41-27(19)42(7-9-44-25)14(2)16-4-3-5-38-26(16)36/h3-5,10,14-15,37H,6-9,11-12H2,1-2H3,(H2,35,39)(H2,36,38)/t14-,15+/m1/s1. The number of aryl methyl sites for hydroxylation is 1. The monoisotopic (exact) mass is 648 g/mol. The molecular formula is C29H29ClF4N8O3. The van der Waals surface area contributed by atoms with Gasteiger partial charge in [-0.3, -0.25) is 0 Å². The number of pyridine rings is 2. The Morgan fingerprint density at radius 1 is 1.22 bits per heavy atom. The van der Waals surface area contributed by atoms with E-state index in [9.17, 15) is 13.2 Å². The van der Waals surface area contributed by atoms with E-state index in [1.54, 1.807) is 18.3 Å². The van der Waals surface area contributed by atoms with Gasteiger partial charge in [0.15, 0.2) is 11.6 Å². The van der Waals surface area contributed by atoms with Gasteiger partial charge in [-0.25, -0.2) is 14.4 Å². The van der Waals surface area contributed by atoms with Crippen molar-refractivity contribution < 1.29 is 31.8 Å². The molecule has 0 bridgehead atoms. The number of alkyl halides is 3. The van der Waals surface area contributed by atoms with Crippen molar-refractivity contribution in [3.05, 3.63) is 51.9 Å². The average molecular weight is 649 g/mol. The molecule has 238 valence electrons. The number of halogens is 5. The maximum Gasteiger partial charge on any atom is 0.418 e. The number of aromatic nitrogens is 4. The predicted octanol–water partition coefficient (Wildman–Crippen LogP) is 4.70. The van der Waals surface area contributed by atoms with Gasteiger partial charge in [-0.1, -0.05) is 17.7 Å². The molecule has 1 saturated heterocycles. The minimum Gasteiger partial charge on any atom is -0.489 e. The van der Waals surface area contributed by atoms with Gasteiger partial charge in [0, 0.05) is 18.3 Å². The smallest absolute Gasteiger partial charge is 0.418 e. The minimum absolute atomic E-state index is 0.00972. The summed E-state index contributed by atoms with van der Waals surface area (Å²) in [5.74, 6) is -1.06. The van der Waals surface area contributed by atoms with Crippen LogP contribution in [0.5, 0.6) is 11.8 Å². The van der Waals surface area contributed by atoms with Gasteiger partial charge in [0.1, 0.15) is 36.2 Å². The van der Waals surface area contributed by atoms with Crippen LogP contribution in [0.2, 0.25) is 5.02 Å². The lowest BCUT2D eigenvalue weighted by Gasteiger charge is -2.30. The normalized spacial score (nSPS) is 17.6. The Morgan fingerprint density at radius 2 is 2.02 bits per heavy atom. The lowest BCUT2D eigenvalue weighted by atomic mass is 9.98. The van der Waals surface area contributed by atoms with Crippen molar-refractivity contribution in [3.63, 3.8) is 0 Å². The highest BCUT2D eigenvalue weighted by molar-refractivity contribution is 6.36. The van der Waals surface area contributed by atoms with Gasteiger partial charge in [0.2, 0.25) is 0 Å². The molecule has 0 spiro atoms. The number of hydrogen-bond acceptors (Lipinski definition) is 11. The first kappa shape index (κ1) is 30.8. The Bertz CT molecular complexity index is 1770. The van der Waals surface area contributed by atoms with Crippen molar-refractivity contribution in [3.8, 4) is 23.0 Å². The number of ether oxygens (including phenoxy) is 3. The third kappa shape index (κ3) is 5.71. The van der Waals surface area contributed by atoms with Gasteiger partial charge in [-0.05, 0) is 31.5 Å². The van der Waals surface area contributed by atoms with Crippen LogP contribution in [0.1, 0.15) is 29.7 Å². The summed E-state index contributed by atoms with van der Waals surface area (Å²) < 4.78 is 77.2. The molecule has 1 fully saturated rings. The fourth-order valence-electron chi connectivity index (χ4n) is 5.67. The summed E-state index contributed by atoms with van der Waals surface area (Å²) in [7, 11) is 0. The lowest BCUT2D eigenvalue weighted by molar-refractivity contribution is -0.137. The third-order valence-electron chi connectivity index (χ3n) is 7.75. The van der Waals surface area contributed by atoms with E-state index in [4.69, 9.17) is 37.3 Å². The van der Waals surface area contributed by atoms with Crippen molar-refractivity contribution in [1.29, 1.82) is 0 Å². The highest BCUT2D eigenvalue weighted by atomic mass is 35.5. The zero-order chi connectivity index (χ0) is 32.0. The van der Waals surface area contributed by atoms with Gasteiger partial charge < -0.3 is 35.9 Å². The maximum absolute atomic E-state index is 16.8. The van der Waals surface area contributed by atoms with Crippen LogP contribution in [0.3, 0.4) is 0 Å². The summed E-state index contributed by atoms with van der Waals surface area (Å²) >= 11 is 6.73. The van der Waals surface area contributed by atoms with Crippen LogP contribution >= 0.6 is 11.6 Å². The zero-order valence-corrected chi connectivity index (χ0v) is 25.0. The highest BCUT2D eigenvalue weighted by Gasteiger charge is 2.40. The van der Waals surface area contributed by atoms with E-state index in [1.807, 2.05) is 11.8 Å². The second kappa shape index (κ2) is 11.9. The molecule has 5 N–H and O–H groups in total. The number of benzene rings is 1. The molecule has 4 aromatic rings. The van der Waals surface area contributed by atoms with E-state index >= 15 is 4.39 Å². The number of nitrogens with one attached hydrogen (secondary N) is 1. The van der Waals surface area contributed by atoms with Crippen molar-refractivity contribution in [2.75, 3.05) is 55.9 Å². The molecular weight excluding hydrogens is 620 g/mol. The fourth-order valence-corrected chi connectivity index (χ4v) is 5.99. The first-order chi connectivity index (χ1) is 21.5. The minimum atomic E-state index is -4.91. The predicted molar refractivity (Wildman–Crippen MR) is 160 cm³/mol. The van der Waals surface area contributed by atoms with Gasteiger partial charge >= 0.3 is 12.2 Å². The molecule has 0 saturated carbocycles. The van der Waals surface area contributed by atoms with Crippen molar-refractivity contribution in [2.24, 2.45) is 0 Å². The van der Waals surface area contributed by atoms with Crippen LogP contribution in [0.4, 0.5) is 35.0 Å². The van der Waals surface area contributed by atoms with Crippen molar-refractivity contribution in [2.45, 2.75) is 32.1 Å². The summed E-state index contributed by atoms with van der Waals surface area (Å²) in [4.78, 5) is 18.9. The van der Waals surface area contributed by atoms with Gasteiger partial charge in [-0.2, -0.15) is 23.1 Å². The summed E-state index contributed by atoms with van der Waals surface area (Å²) in [6.07, 6.45) is -3.35. The summed E-state index contributed by atoms with van der Waals surface area (Å²) in [6, 6.07) is 3.73. The van der Waals surface area contributed by atoms with E-state index in [-0.39, 0.29) is 71.5 Å². The van der Waals surface area contributed by atoms with Crippen molar-refractivity contribution >= 4 is 40.0 Å². The van der Waals surface area contributed by atoms with Gasteiger partial charge in [0.05, 0.1) is 59.1 Å². The zero-order valence-electron chi connectivity index (χ0n) is 24.2. The number of nitrogens with zero attached hydrogens (tertiary/aromatic N) is 5. The summed E-state index contributed by atoms with van der Waals surface area (Å²) in [5, 5.41) is 2.87. The highest BCUT2D eigenvalue weighted by Crippen LogP contribution is 2.50. The molecule has 0 unspecified atom stereocenters. The summed E-state index contributed by atoms with van der Waals surface area (Å²) in [5.41, 5.74) is 9.45. The molecule has 2 aliphatic heterocycles. The van der Waals surface area contributed by atoms with Crippen LogP contribution in [0, 0.1) is 12.7 Å².